The van der Waals surface area contributed by atoms with Gasteiger partial charge in [-0.25, -0.2) is 4.68 Å². The van der Waals surface area contributed by atoms with Crippen molar-refractivity contribution < 1.29 is 4.79 Å². The van der Waals surface area contributed by atoms with Gasteiger partial charge < -0.3 is 0 Å². The molecule has 0 radical (unpaired) electrons. The number of hydrogen-bond donors (Lipinski definition) is 0. The first-order valence-electron chi connectivity index (χ1n) is 6.18. The highest BCUT2D eigenvalue weighted by Crippen LogP contribution is 2.31. The third-order valence-corrected chi connectivity index (χ3v) is 3.35. The number of fused-ring (bicyclic) bond motifs is 1. The Bertz CT molecular complexity index is 579. The molecule has 0 N–H and O–H groups in total. The van der Waals surface area contributed by atoms with Crippen LogP contribution in [0.15, 0.2) is 24.4 Å². The van der Waals surface area contributed by atoms with E-state index in [1.165, 1.54) is 10.2 Å². The highest BCUT2D eigenvalue weighted by Gasteiger charge is 2.31. The topological polar surface area (TPSA) is 34.9 Å². The maximum absolute atomic E-state index is 11.9. The van der Waals surface area contributed by atoms with Crippen LogP contribution in [0.2, 0.25) is 0 Å². The highest BCUT2D eigenvalue weighted by atomic mass is 16.2. The lowest BCUT2D eigenvalue weighted by atomic mass is 10.0. The molecule has 88 valence electrons. The van der Waals surface area contributed by atoms with Crippen molar-refractivity contribution in [1.29, 1.82) is 0 Å². The van der Waals surface area contributed by atoms with Gasteiger partial charge in [-0.15, -0.1) is 0 Å². The minimum Gasteiger partial charge on any atom is -0.272 e. The van der Waals surface area contributed by atoms with Crippen molar-refractivity contribution in [2.75, 3.05) is 0 Å². The SMILES string of the molecule is CC(C)c1ccc2cn(C(=O)C3CC3)nc2c1. The Balaban J connectivity index is 2.03. The van der Waals surface area contributed by atoms with E-state index in [-0.39, 0.29) is 11.8 Å². The predicted molar refractivity (Wildman–Crippen MR) is 67.2 cm³/mol. The Morgan fingerprint density at radius 3 is 2.82 bits per heavy atom. The number of carbonyl (C=O) groups excluding carboxylic acids is 1. The number of hydrogen-bond acceptors (Lipinski definition) is 2. The quantitative estimate of drug-likeness (QED) is 0.791. The second-order valence-corrected chi connectivity index (χ2v) is 5.16. The third-order valence-electron chi connectivity index (χ3n) is 3.35. The first kappa shape index (κ1) is 10.5. The zero-order valence-electron chi connectivity index (χ0n) is 10.2. The second kappa shape index (κ2) is 3.69. The first-order valence-corrected chi connectivity index (χ1v) is 6.18. The van der Waals surface area contributed by atoms with Crippen molar-refractivity contribution in [2.45, 2.75) is 32.6 Å². The van der Waals surface area contributed by atoms with Gasteiger partial charge in [0, 0.05) is 17.5 Å². The molecule has 3 nitrogen and oxygen atoms in total. The smallest absolute Gasteiger partial charge is 0.249 e. The minimum absolute atomic E-state index is 0.146. The number of nitrogens with zero attached hydrogens (tertiary/aromatic N) is 2. The Morgan fingerprint density at radius 2 is 2.18 bits per heavy atom. The van der Waals surface area contributed by atoms with Gasteiger partial charge in [0.1, 0.15) is 0 Å². The van der Waals surface area contributed by atoms with Crippen LogP contribution in [-0.2, 0) is 0 Å². The maximum atomic E-state index is 11.9. The molecule has 0 atom stereocenters. The van der Waals surface area contributed by atoms with Gasteiger partial charge in [-0.1, -0.05) is 26.0 Å². The molecule has 1 aliphatic carbocycles. The predicted octanol–water partition coefficient (Wildman–Crippen LogP) is 3.21. The molecule has 0 amide bonds. The molecule has 1 aliphatic rings. The number of aromatic nitrogens is 2. The van der Waals surface area contributed by atoms with Crippen LogP contribution in [-0.4, -0.2) is 15.7 Å². The fourth-order valence-corrected chi connectivity index (χ4v) is 2.02. The highest BCUT2D eigenvalue weighted by molar-refractivity contribution is 5.88. The van der Waals surface area contributed by atoms with Crippen LogP contribution in [0.1, 0.15) is 43.0 Å². The molecular formula is C14H16N2O. The van der Waals surface area contributed by atoms with Crippen molar-refractivity contribution in [2.24, 2.45) is 5.92 Å². The number of benzene rings is 1. The van der Waals surface area contributed by atoms with E-state index in [9.17, 15) is 4.79 Å². The maximum Gasteiger partial charge on any atom is 0.249 e. The minimum atomic E-state index is 0.146. The molecule has 0 spiro atoms. The van der Waals surface area contributed by atoms with E-state index in [2.05, 4.69) is 31.1 Å². The summed E-state index contributed by atoms with van der Waals surface area (Å²) >= 11 is 0. The molecule has 1 aromatic heterocycles. The Hall–Kier alpha value is -1.64. The van der Waals surface area contributed by atoms with Crippen LogP contribution in [0.4, 0.5) is 0 Å². The van der Waals surface area contributed by atoms with Crippen molar-refractivity contribution in [1.82, 2.24) is 9.78 Å². The molecule has 1 heterocycles. The van der Waals surface area contributed by atoms with Crippen molar-refractivity contribution in [3.05, 3.63) is 30.0 Å². The van der Waals surface area contributed by atoms with Gasteiger partial charge in [-0.2, -0.15) is 5.10 Å². The summed E-state index contributed by atoms with van der Waals surface area (Å²) in [7, 11) is 0. The molecule has 0 saturated heterocycles. The summed E-state index contributed by atoms with van der Waals surface area (Å²) in [6.07, 6.45) is 3.89. The third kappa shape index (κ3) is 1.86. The Kier molecular flexibility index (Phi) is 2.28. The number of carbonyl (C=O) groups is 1. The van der Waals surface area contributed by atoms with Crippen LogP contribution in [0, 0.1) is 5.92 Å². The van der Waals surface area contributed by atoms with Crippen LogP contribution in [0.25, 0.3) is 10.9 Å². The second-order valence-electron chi connectivity index (χ2n) is 5.16. The van der Waals surface area contributed by atoms with Crippen LogP contribution in [0.3, 0.4) is 0 Å². The van der Waals surface area contributed by atoms with E-state index >= 15 is 0 Å². The summed E-state index contributed by atoms with van der Waals surface area (Å²) in [4.78, 5) is 11.9. The van der Waals surface area contributed by atoms with Crippen molar-refractivity contribution in [3.8, 4) is 0 Å². The molecule has 0 bridgehead atoms. The van der Waals surface area contributed by atoms with E-state index in [0.29, 0.717) is 5.92 Å². The molecule has 3 rings (SSSR count). The summed E-state index contributed by atoms with van der Waals surface area (Å²) < 4.78 is 1.52. The first-order chi connectivity index (χ1) is 8.15. The van der Waals surface area contributed by atoms with Crippen LogP contribution >= 0.6 is 0 Å². The fourth-order valence-electron chi connectivity index (χ4n) is 2.02. The summed E-state index contributed by atoms with van der Waals surface area (Å²) in [5, 5.41) is 5.43. The molecule has 1 aromatic carbocycles. The van der Waals surface area contributed by atoms with Gasteiger partial charge in [0.05, 0.1) is 5.52 Å². The lowest BCUT2D eigenvalue weighted by Gasteiger charge is -2.03. The molecule has 1 saturated carbocycles. The van der Waals surface area contributed by atoms with Crippen molar-refractivity contribution >= 4 is 16.8 Å². The zero-order chi connectivity index (χ0) is 12.0. The molecule has 1 fully saturated rings. The van der Waals surface area contributed by atoms with Gasteiger partial charge in [-0.3, -0.25) is 4.79 Å². The van der Waals surface area contributed by atoms with Gasteiger partial charge in [-0.05, 0) is 30.4 Å². The fraction of sp³-hybridized carbons (Fsp3) is 0.429. The lowest BCUT2D eigenvalue weighted by Crippen LogP contribution is -2.12. The van der Waals surface area contributed by atoms with Gasteiger partial charge in [0.2, 0.25) is 5.91 Å². The standard InChI is InChI=1S/C14H16N2O/c1-9(2)11-5-6-12-8-16(15-13(12)7-11)14(17)10-3-4-10/h5-10H,3-4H2,1-2H3. The average molecular weight is 228 g/mol. The molecule has 0 unspecified atom stereocenters. The summed E-state index contributed by atoms with van der Waals surface area (Å²) in [5.74, 6) is 0.852. The van der Waals surface area contributed by atoms with Crippen LogP contribution in [0.5, 0.6) is 0 Å². The summed E-state index contributed by atoms with van der Waals surface area (Å²) in [6.45, 7) is 4.32. The van der Waals surface area contributed by atoms with E-state index in [1.54, 1.807) is 0 Å². The van der Waals surface area contributed by atoms with E-state index in [4.69, 9.17) is 0 Å². The molecular weight excluding hydrogens is 212 g/mol. The van der Waals surface area contributed by atoms with Crippen molar-refractivity contribution in [3.63, 3.8) is 0 Å². The lowest BCUT2D eigenvalue weighted by molar-refractivity contribution is 0.0871. The largest absolute Gasteiger partial charge is 0.272 e. The molecule has 0 aliphatic heterocycles. The molecule has 3 heteroatoms. The average Bonchev–Trinajstić information content (AvgIpc) is 3.06. The van der Waals surface area contributed by atoms with Gasteiger partial charge in [0.25, 0.3) is 0 Å². The van der Waals surface area contributed by atoms with Gasteiger partial charge in [0.15, 0.2) is 0 Å². The summed E-state index contributed by atoms with van der Waals surface area (Å²) in [5.41, 5.74) is 2.19. The monoisotopic (exact) mass is 228 g/mol. The van der Waals surface area contributed by atoms with E-state index < -0.39 is 0 Å². The van der Waals surface area contributed by atoms with Crippen LogP contribution < -0.4 is 0 Å². The Morgan fingerprint density at radius 1 is 1.41 bits per heavy atom. The zero-order valence-corrected chi connectivity index (χ0v) is 10.2. The van der Waals surface area contributed by atoms with E-state index in [0.717, 1.165) is 23.7 Å². The Labute approximate surface area is 100 Å². The summed E-state index contributed by atoms with van der Waals surface area (Å²) in [6, 6.07) is 6.24. The normalized spacial score (nSPS) is 15.7. The number of rotatable bonds is 2. The van der Waals surface area contributed by atoms with Gasteiger partial charge >= 0.3 is 0 Å². The van der Waals surface area contributed by atoms with E-state index in [1.807, 2.05) is 12.3 Å². The molecule has 2 aromatic rings. The molecule has 17 heavy (non-hydrogen) atoms.